The van der Waals surface area contributed by atoms with Gasteiger partial charge in [0.1, 0.15) is 12.4 Å². The van der Waals surface area contributed by atoms with Crippen LogP contribution < -0.4 is 4.74 Å². The highest BCUT2D eigenvalue weighted by Gasteiger charge is 2.17. The molecule has 0 radical (unpaired) electrons. The smallest absolute Gasteiger partial charge is 0.333 e. The molecule has 1 atom stereocenters. The number of aryl methyl sites for hydroxylation is 2. The highest BCUT2D eigenvalue weighted by molar-refractivity contribution is 5.72. The molecule has 5 nitrogen and oxygen atoms in total. The van der Waals surface area contributed by atoms with Crippen LogP contribution in [0.3, 0.4) is 0 Å². The predicted octanol–water partition coefficient (Wildman–Crippen LogP) is 4.88. The third kappa shape index (κ3) is 5.51. The van der Waals surface area contributed by atoms with E-state index in [0.29, 0.717) is 19.6 Å². The first-order valence-corrected chi connectivity index (χ1v) is 10.3. The van der Waals surface area contributed by atoms with Gasteiger partial charge in [0, 0.05) is 19.2 Å². The molecule has 1 unspecified atom stereocenters. The Kier molecular flexibility index (Phi) is 7.31. The van der Waals surface area contributed by atoms with Crippen molar-refractivity contribution in [1.82, 2.24) is 4.57 Å². The maximum Gasteiger partial charge on any atom is 0.333 e. The van der Waals surface area contributed by atoms with Crippen molar-refractivity contribution in [2.45, 2.75) is 39.8 Å². The lowest BCUT2D eigenvalue weighted by molar-refractivity contribution is -0.149. The number of carboxylic acid groups (broad SMARTS) is 1. The number of aliphatic carboxylic acids is 1. The van der Waals surface area contributed by atoms with Gasteiger partial charge < -0.3 is 19.1 Å². The third-order valence-corrected chi connectivity index (χ3v) is 5.08. The Morgan fingerprint density at radius 2 is 1.73 bits per heavy atom. The summed E-state index contributed by atoms with van der Waals surface area (Å²) in [6.45, 7) is 7.67. The van der Waals surface area contributed by atoms with Crippen molar-refractivity contribution in [3.63, 3.8) is 0 Å². The Morgan fingerprint density at radius 1 is 1.03 bits per heavy atom. The van der Waals surface area contributed by atoms with Crippen LogP contribution in [0.15, 0.2) is 60.8 Å². The van der Waals surface area contributed by atoms with Gasteiger partial charge >= 0.3 is 5.97 Å². The molecule has 1 aromatic heterocycles. The van der Waals surface area contributed by atoms with E-state index in [4.69, 9.17) is 9.47 Å². The summed E-state index contributed by atoms with van der Waals surface area (Å²) in [5.41, 5.74) is 5.81. The number of aromatic nitrogens is 1. The first-order valence-electron chi connectivity index (χ1n) is 10.3. The fraction of sp³-hybridized carbons (Fsp3) is 0.320. The lowest BCUT2D eigenvalue weighted by Gasteiger charge is -2.14. The molecule has 0 aliphatic carbocycles. The largest absolute Gasteiger partial charge is 0.492 e. The van der Waals surface area contributed by atoms with Crippen molar-refractivity contribution in [3.8, 4) is 17.0 Å². The van der Waals surface area contributed by atoms with Crippen LogP contribution in [-0.4, -0.2) is 35.0 Å². The summed E-state index contributed by atoms with van der Waals surface area (Å²) in [6.07, 6.45) is 1.61. The standard InChI is InChI=1S/C25H29NO4/c1-4-29-23(25(27)28)17-20-7-11-22(12-8-20)30-16-15-26-14-13-19(3)24(26)21-9-5-18(2)6-10-21/h5-14,23H,4,15-17H2,1-3H3,(H,27,28). The van der Waals surface area contributed by atoms with E-state index in [1.165, 1.54) is 22.4 Å². The maximum atomic E-state index is 11.2. The summed E-state index contributed by atoms with van der Waals surface area (Å²) in [5, 5.41) is 9.21. The summed E-state index contributed by atoms with van der Waals surface area (Å²) in [7, 11) is 0. The third-order valence-electron chi connectivity index (χ3n) is 5.08. The van der Waals surface area contributed by atoms with Gasteiger partial charge in [-0.2, -0.15) is 0 Å². The molecule has 0 spiro atoms. The minimum Gasteiger partial charge on any atom is -0.492 e. The number of ether oxygens (including phenoxy) is 2. The molecule has 1 heterocycles. The molecular formula is C25H29NO4. The van der Waals surface area contributed by atoms with Crippen LogP contribution in [0.4, 0.5) is 0 Å². The van der Waals surface area contributed by atoms with E-state index in [2.05, 4.69) is 54.9 Å². The number of nitrogens with zero attached hydrogens (tertiary/aromatic N) is 1. The highest BCUT2D eigenvalue weighted by Crippen LogP contribution is 2.25. The van der Waals surface area contributed by atoms with Gasteiger partial charge in [-0.1, -0.05) is 42.0 Å². The molecule has 158 valence electrons. The Hall–Kier alpha value is -3.05. The van der Waals surface area contributed by atoms with E-state index >= 15 is 0 Å². The lowest BCUT2D eigenvalue weighted by Crippen LogP contribution is -2.26. The Balaban J connectivity index is 1.58. The van der Waals surface area contributed by atoms with E-state index in [1.807, 2.05) is 24.3 Å². The average Bonchev–Trinajstić information content (AvgIpc) is 3.10. The fourth-order valence-corrected chi connectivity index (χ4v) is 3.49. The van der Waals surface area contributed by atoms with Gasteiger partial charge in [0.25, 0.3) is 0 Å². The number of hydrogen-bond donors (Lipinski definition) is 1. The van der Waals surface area contributed by atoms with E-state index in [1.54, 1.807) is 6.92 Å². The van der Waals surface area contributed by atoms with Gasteiger partial charge in [-0.3, -0.25) is 0 Å². The molecule has 1 N–H and O–H groups in total. The fourth-order valence-electron chi connectivity index (χ4n) is 3.49. The van der Waals surface area contributed by atoms with Crippen LogP contribution in [0.5, 0.6) is 5.75 Å². The zero-order valence-corrected chi connectivity index (χ0v) is 17.8. The highest BCUT2D eigenvalue weighted by atomic mass is 16.5. The summed E-state index contributed by atoms with van der Waals surface area (Å²) in [6, 6.07) is 18.2. The zero-order valence-electron chi connectivity index (χ0n) is 17.8. The number of hydrogen-bond acceptors (Lipinski definition) is 3. The summed E-state index contributed by atoms with van der Waals surface area (Å²) < 4.78 is 13.4. The molecule has 0 amide bonds. The molecular weight excluding hydrogens is 378 g/mol. The number of rotatable bonds is 10. The minimum absolute atomic E-state index is 0.339. The molecule has 0 bridgehead atoms. The van der Waals surface area contributed by atoms with E-state index in [-0.39, 0.29) is 0 Å². The second kappa shape index (κ2) is 10.1. The second-order valence-electron chi connectivity index (χ2n) is 7.39. The van der Waals surface area contributed by atoms with Crippen molar-refractivity contribution in [2.24, 2.45) is 0 Å². The van der Waals surface area contributed by atoms with Gasteiger partial charge in [-0.15, -0.1) is 0 Å². The SMILES string of the molecule is CCOC(Cc1ccc(OCCn2ccc(C)c2-c2ccc(C)cc2)cc1)C(=O)O. The molecule has 30 heavy (non-hydrogen) atoms. The van der Waals surface area contributed by atoms with Crippen molar-refractivity contribution in [2.75, 3.05) is 13.2 Å². The molecule has 0 aliphatic heterocycles. The van der Waals surface area contributed by atoms with Crippen molar-refractivity contribution in [3.05, 3.63) is 77.5 Å². The molecule has 0 saturated heterocycles. The van der Waals surface area contributed by atoms with Crippen molar-refractivity contribution >= 4 is 5.97 Å². The van der Waals surface area contributed by atoms with Gasteiger partial charge in [-0.25, -0.2) is 4.79 Å². The first-order chi connectivity index (χ1) is 14.5. The lowest BCUT2D eigenvalue weighted by atomic mass is 10.1. The summed E-state index contributed by atoms with van der Waals surface area (Å²) >= 11 is 0. The Morgan fingerprint density at radius 3 is 2.37 bits per heavy atom. The molecule has 0 aliphatic rings. The van der Waals surface area contributed by atoms with Crippen molar-refractivity contribution in [1.29, 1.82) is 0 Å². The molecule has 3 rings (SSSR count). The maximum absolute atomic E-state index is 11.2. The molecule has 2 aromatic carbocycles. The van der Waals surface area contributed by atoms with E-state index in [9.17, 15) is 9.90 Å². The average molecular weight is 408 g/mol. The number of carbonyl (C=O) groups is 1. The minimum atomic E-state index is -0.941. The zero-order chi connectivity index (χ0) is 21.5. The van der Waals surface area contributed by atoms with Crippen LogP contribution in [0, 0.1) is 13.8 Å². The van der Waals surface area contributed by atoms with Crippen LogP contribution in [0.25, 0.3) is 11.3 Å². The molecule has 5 heteroatoms. The summed E-state index contributed by atoms with van der Waals surface area (Å²) in [4.78, 5) is 11.2. The number of benzene rings is 2. The van der Waals surface area contributed by atoms with Gasteiger partial charge in [0.15, 0.2) is 6.10 Å². The quantitative estimate of drug-likeness (QED) is 0.520. The number of carboxylic acids is 1. The van der Waals surface area contributed by atoms with Crippen LogP contribution in [0.1, 0.15) is 23.6 Å². The van der Waals surface area contributed by atoms with E-state index in [0.717, 1.165) is 17.9 Å². The van der Waals surface area contributed by atoms with Crippen LogP contribution >= 0.6 is 0 Å². The first kappa shape index (κ1) is 21.7. The van der Waals surface area contributed by atoms with Gasteiger partial charge in [0.05, 0.1) is 12.2 Å². The summed E-state index contributed by atoms with van der Waals surface area (Å²) in [5.74, 6) is -0.175. The van der Waals surface area contributed by atoms with E-state index < -0.39 is 12.1 Å². The second-order valence-corrected chi connectivity index (χ2v) is 7.39. The Bertz CT molecular complexity index is 958. The molecule has 3 aromatic rings. The van der Waals surface area contributed by atoms with Gasteiger partial charge in [-0.05, 0) is 55.7 Å². The Labute approximate surface area is 177 Å². The molecule has 0 fully saturated rings. The van der Waals surface area contributed by atoms with Gasteiger partial charge in [0.2, 0.25) is 0 Å². The topological polar surface area (TPSA) is 60.7 Å². The normalized spacial score (nSPS) is 12.0. The predicted molar refractivity (Wildman–Crippen MR) is 118 cm³/mol. The van der Waals surface area contributed by atoms with Crippen molar-refractivity contribution < 1.29 is 19.4 Å². The molecule has 0 saturated carbocycles. The monoisotopic (exact) mass is 407 g/mol. The van der Waals surface area contributed by atoms with Crippen LogP contribution in [0.2, 0.25) is 0 Å². The van der Waals surface area contributed by atoms with Crippen LogP contribution in [-0.2, 0) is 22.5 Å².